The molecule has 1 aromatic rings. The van der Waals surface area contributed by atoms with Crippen LogP contribution in [0.2, 0.25) is 0 Å². The molecule has 0 aromatic carbocycles. The number of anilines is 2. The number of nitrogens with two attached hydrogens (primary N) is 1. The molecule has 0 radical (unpaired) electrons. The first-order chi connectivity index (χ1) is 8.12. The second kappa shape index (κ2) is 6.16. The quantitative estimate of drug-likeness (QED) is 0.447. The van der Waals surface area contributed by atoms with E-state index >= 15 is 0 Å². The standard InChI is InChI=1S/C9H18N6O2/c1-4-17-9-12-7(14-10)11-8(13-9)15(3)6(2)5-16/h6,16H,4-5,10H2,1-3H3,(H,11,12,13,14). The van der Waals surface area contributed by atoms with Crippen LogP contribution in [0.15, 0.2) is 0 Å². The average Bonchev–Trinajstić information content (AvgIpc) is 2.36. The molecule has 1 heterocycles. The maximum Gasteiger partial charge on any atom is 0.323 e. The number of aromatic nitrogens is 3. The summed E-state index contributed by atoms with van der Waals surface area (Å²) in [7, 11) is 1.77. The molecule has 96 valence electrons. The van der Waals surface area contributed by atoms with Crippen molar-refractivity contribution in [3.05, 3.63) is 0 Å². The van der Waals surface area contributed by atoms with Gasteiger partial charge in [-0.05, 0) is 13.8 Å². The fourth-order valence-electron chi connectivity index (χ4n) is 1.08. The number of hydrogen-bond donors (Lipinski definition) is 3. The van der Waals surface area contributed by atoms with Crippen molar-refractivity contribution >= 4 is 11.9 Å². The largest absolute Gasteiger partial charge is 0.464 e. The van der Waals surface area contributed by atoms with Gasteiger partial charge in [-0.1, -0.05) is 0 Å². The van der Waals surface area contributed by atoms with E-state index in [0.29, 0.717) is 12.6 Å². The molecule has 1 atom stereocenters. The fourth-order valence-corrected chi connectivity index (χ4v) is 1.08. The normalized spacial score (nSPS) is 12.1. The summed E-state index contributed by atoms with van der Waals surface area (Å²) in [5.41, 5.74) is 2.35. The maximum atomic E-state index is 9.08. The van der Waals surface area contributed by atoms with E-state index in [-0.39, 0.29) is 24.6 Å². The third-order valence-corrected chi connectivity index (χ3v) is 2.25. The number of likely N-dealkylation sites (N-methyl/N-ethyl adjacent to an activating group) is 1. The first-order valence-corrected chi connectivity index (χ1v) is 5.31. The smallest absolute Gasteiger partial charge is 0.323 e. The highest BCUT2D eigenvalue weighted by atomic mass is 16.5. The van der Waals surface area contributed by atoms with E-state index in [1.54, 1.807) is 11.9 Å². The fraction of sp³-hybridized carbons (Fsp3) is 0.667. The van der Waals surface area contributed by atoms with Crippen molar-refractivity contribution in [2.24, 2.45) is 5.84 Å². The van der Waals surface area contributed by atoms with Crippen molar-refractivity contribution in [2.45, 2.75) is 19.9 Å². The Bertz CT molecular complexity index is 361. The van der Waals surface area contributed by atoms with Gasteiger partial charge in [0.05, 0.1) is 19.3 Å². The van der Waals surface area contributed by atoms with Gasteiger partial charge >= 0.3 is 6.01 Å². The molecule has 0 amide bonds. The number of aliphatic hydroxyl groups excluding tert-OH is 1. The first-order valence-electron chi connectivity index (χ1n) is 5.31. The highest BCUT2D eigenvalue weighted by molar-refractivity contribution is 5.37. The van der Waals surface area contributed by atoms with E-state index < -0.39 is 0 Å². The van der Waals surface area contributed by atoms with Crippen LogP contribution >= 0.6 is 0 Å². The predicted molar refractivity (Wildman–Crippen MR) is 63.8 cm³/mol. The summed E-state index contributed by atoms with van der Waals surface area (Å²) in [6.07, 6.45) is 0. The molecule has 0 saturated carbocycles. The average molecular weight is 242 g/mol. The van der Waals surface area contributed by atoms with Gasteiger partial charge in [0.25, 0.3) is 0 Å². The lowest BCUT2D eigenvalue weighted by atomic mass is 10.3. The molecule has 1 aromatic heterocycles. The Morgan fingerprint density at radius 2 is 2.18 bits per heavy atom. The molecule has 0 saturated heterocycles. The summed E-state index contributed by atoms with van der Waals surface area (Å²) in [6.45, 7) is 4.13. The van der Waals surface area contributed by atoms with E-state index in [9.17, 15) is 0 Å². The van der Waals surface area contributed by atoms with Crippen LogP contribution in [-0.4, -0.2) is 46.4 Å². The summed E-state index contributed by atoms with van der Waals surface area (Å²) >= 11 is 0. The summed E-state index contributed by atoms with van der Waals surface area (Å²) < 4.78 is 5.21. The molecule has 4 N–H and O–H groups in total. The zero-order valence-electron chi connectivity index (χ0n) is 10.2. The SMILES string of the molecule is CCOc1nc(NN)nc(N(C)C(C)CO)n1. The molecule has 0 spiro atoms. The lowest BCUT2D eigenvalue weighted by molar-refractivity contribution is 0.268. The summed E-state index contributed by atoms with van der Waals surface area (Å²) in [5, 5.41) is 9.08. The molecule has 0 bridgehead atoms. The van der Waals surface area contributed by atoms with Crippen LogP contribution in [0.1, 0.15) is 13.8 Å². The van der Waals surface area contributed by atoms with E-state index in [1.807, 2.05) is 13.8 Å². The van der Waals surface area contributed by atoms with Crippen molar-refractivity contribution in [2.75, 3.05) is 30.6 Å². The number of nitrogen functional groups attached to an aromatic ring is 1. The molecular formula is C9H18N6O2. The molecule has 1 unspecified atom stereocenters. The number of nitrogens with zero attached hydrogens (tertiary/aromatic N) is 4. The Morgan fingerprint density at radius 1 is 1.47 bits per heavy atom. The molecule has 0 fully saturated rings. The van der Waals surface area contributed by atoms with E-state index in [2.05, 4.69) is 20.4 Å². The van der Waals surface area contributed by atoms with Crippen molar-refractivity contribution in [1.82, 2.24) is 15.0 Å². The zero-order valence-corrected chi connectivity index (χ0v) is 10.2. The Balaban J connectivity index is 3.01. The van der Waals surface area contributed by atoms with Crippen molar-refractivity contribution in [3.63, 3.8) is 0 Å². The minimum absolute atomic E-state index is 0.00244. The second-order valence-electron chi connectivity index (χ2n) is 3.46. The van der Waals surface area contributed by atoms with Gasteiger partial charge in [0.15, 0.2) is 0 Å². The van der Waals surface area contributed by atoms with E-state index in [1.165, 1.54) is 0 Å². The molecule has 0 aliphatic heterocycles. The van der Waals surface area contributed by atoms with Gasteiger partial charge in [-0.25, -0.2) is 5.84 Å². The number of aliphatic hydroxyl groups is 1. The van der Waals surface area contributed by atoms with E-state index in [0.717, 1.165) is 0 Å². The lowest BCUT2D eigenvalue weighted by Crippen LogP contribution is -2.33. The zero-order chi connectivity index (χ0) is 12.8. The Labute approximate surface area is 99.8 Å². The Morgan fingerprint density at radius 3 is 2.71 bits per heavy atom. The number of hydrazine groups is 1. The van der Waals surface area contributed by atoms with Gasteiger partial charge in [0, 0.05) is 7.05 Å². The molecule has 8 nitrogen and oxygen atoms in total. The number of rotatable bonds is 6. The summed E-state index contributed by atoms with van der Waals surface area (Å²) in [6, 6.07) is 0.0833. The van der Waals surface area contributed by atoms with Crippen LogP contribution < -0.4 is 20.9 Å². The summed E-state index contributed by atoms with van der Waals surface area (Å²) in [4.78, 5) is 13.8. The Hall–Kier alpha value is -1.67. The summed E-state index contributed by atoms with van der Waals surface area (Å²) in [5.74, 6) is 5.87. The van der Waals surface area contributed by atoms with E-state index in [4.69, 9.17) is 15.7 Å². The maximum absolute atomic E-state index is 9.08. The molecule has 8 heteroatoms. The molecule has 0 aliphatic rings. The van der Waals surface area contributed by atoms with Crippen LogP contribution in [0.4, 0.5) is 11.9 Å². The van der Waals surface area contributed by atoms with Gasteiger partial charge in [-0.15, -0.1) is 0 Å². The van der Waals surface area contributed by atoms with Crippen LogP contribution in [0.5, 0.6) is 6.01 Å². The third kappa shape index (κ3) is 3.40. The second-order valence-corrected chi connectivity index (χ2v) is 3.46. The van der Waals surface area contributed by atoms with Crippen LogP contribution in [0.25, 0.3) is 0 Å². The molecule has 1 rings (SSSR count). The van der Waals surface area contributed by atoms with Gasteiger partial charge in [0.1, 0.15) is 0 Å². The van der Waals surface area contributed by atoms with Gasteiger partial charge in [0.2, 0.25) is 11.9 Å². The first kappa shape index (κ1) is 13.4. The van der Waals surface area contributed by atoms with Gasteiger partial charge in [-0.3, -0.25) is 5.43 Å². The van der Waals surface area contributed by atoms with Crippen molar-refractivity contribution in [1.29, 1.82) is 0 Å². The van der Waals surface area contributed by atoms with Gasteiger partial charge in [-0.2, -0.15) is 15.0 Å². The monoisotopic (exact) mass is 242 g/mol. The third-order valence-electron chi connectivity index (χ3n) is 2.25. The molecular weight excluding hydrogens is 224 g/mol. The number of hydrogen-bond acceptors (Lipinski definition) is 8. The number of nitrogens with one attached hydrogen (secondary N) is 1. The van der Waals surface area contributed by atoms with Crippen molar-refractivity contribution in [3.8, 4) is 6.01 Å². The topological polar surface area (TPSA) is 109 Å². The highest BCUT2D eigenvalue weighted by Crippen LogP contribution is 2.15. The Kier molecular flexibility index (Phi) is 4.85. The van der Waals surface area contributed by atoms with Crippen LogP contribution in [-0.2, 0) is 0 Å². The van der Waals surface area contributed by atoms with Crippen LogP contribution in [0, 0.1) is 0 Å². The van der Waals surface area contributed by atoms with Crippen molar-refractivity contribution < 1.29 is 9.84 Å². The van der Waals surface area contributed by atoms with Gasteiger partial charge < -0.3 is 14.7 Å². The minimum atomic E-state index is -0.113. The molecule has 17 heavy (non-hydrogen) atoms. The minimum Gasteiger partial charge on any atom is -0.464 e. The van der Waals surface area contributed by atoms with Crippen LogP contribution in [0.3, 0.4) is 0 Å². The predicted octanol–water partition coefficient (Wildman–Crippen LogP) is -0.627. The lowest BCUT2D eigenvalue weighted by Gasteiger charge is -2.23. The molecule has 0 aliphatic carbocycles. The number of ether oxygens (including phenoxy) is 1. The highest BCUT2D eigenvalue weighted by Gasteiger charge is 2.15.